The molecule has 2 atom stereocenters. The average Bonchev–Trinajstić information content (AvgIpc) is 2.49. The van der Waals surface area contributed by atoms with Crippen molar-refractivity contribution in [2.24, 2.45) is 5.92 Å². The van der Waals surface area contributed by atoms with Gasteiger partial charge in [-0.25, -0.2) is 4.79 Å². The van der Waals surface area contributed by atoms with E-state index in [0.717, 1.165) is 24.0 Å². The van der Waals surface area contributed by atoms with Gasteiger partial charge in [0.1, 0.15) is 5.54 Å². The van der Waals surface area contributed by atoms with Crippen molar-refractivity contribution in [3.05, 3.63) is 34.3 Å². The molecule has 0 radical (unpaired) electrons. The maximum atomic E-state index is 12.5. The maximum absolute atomic E-state index is 12.5. The van der Waals surface area contributed by atoms with E-state index in [1.54, 1.807) is 6.07 Å². The third-order valence-electron chi connectivity index (χ3n) is 4.61. The molecule has 0 aromatic heterocycles. The molecule has 1 fully saturated rings. The fourth-order valence-corrected chi connectivity index (χ4v) is 3.66. The topological polar surface area (TPSA) is 55.4 Å². The van der Waals surface area contributed by atoms with Crippen LogP contribution < -0.4 is 5.32 Å². The summed E-state index contributed by atoms with van der Waals surface area (Å²) >= 11 is 5.95. The summed E-state index contributed by atoms with van der Waals surface area (Å²) in [5.41, 5.74) is 0.997. The van der Waals surface area contributed by atoms with E-state index < -0.39 is 5.54 Å². The molecule has 1 aromatic carbocycles. The fraction of sp³-hybridized carbons (Fsp3) is 0.556. The highest BCUT2D eigenvalue weighted by Gasteiger charge is 2.43. The number of carbonyl (C=O) groups excluding carboxylic acids is 2. The SMILES string of the molecule is COC(=O)C1(NC(=O)Cc2ccc(Cl)cc2C)CCCC(C)C1. The number of hydrogen-bond acceptors (Lipinski definition) is 3. The number of ether oxygens (including phenoxy) is 1. The average molecular weight is 338 g/mol. The zero-order valence-electron chi connectivity index (χ0n) is 13.9. The predicted molar refractivity (Wildman–Crippen MR) is 90.4 cm³/mol. The molecule has 1 aliphatic carbocycles. The van der Waals surface area contributed by atoms with Gasteiger partial charge in [-0.05, 0) is 48.9 Å². The second-order valence-electron chi connectivity index (χ2n) is 6.57. The van der Waals surface area contributed by atoms with Crippen LogP contribution in [-0.2, 0) is 20.7 Å². The summed E-state index contributed by atoms with van der Waals surface area (Å²) in [5, 5.41) is 3.61. The molecule has 5 heteroatoms. The number of rotatable bonds is 4. The summed E-state index contributed by atoms with van der Waals surface area (Å²) in [7, 11) is 1.37. The quantitative estimate of drug-likeness (QED) is 0.856. The van der Waals surface area contributed by atoms with E-state index in [4.69, 9.17) is 16.3 Å². The molecule has 1 N–H and O–H groups in total. The molecule has 0 spiro atoms. The Morgan fingerprint density at radius 3 is 2.78 bits per heavy atom. The van der Waals surface area contributed by atoms with Crippen LogP contribution in [0.15, 0.2) is 18.2 Å². The Bertz CT molecular complexity index is 602. The van der Waals surface area contributed by atoms with Crippen LogP contribution in [0.25, 0.3) is 0 Å². The molecule has 1 aliphatic rings. The number of nitrogens with one attached hydrogen (secondary N) is 1. The zero-order valence-corrected chi connectivity index (χ0v) is 14.7. The van der Waals surface area contributed by atoms with Crippen LogP contribution in [0.2, 0.25) is 5.02 Å². The molecule has 0 bridgehead atoms. The molecule has 0 heterocycles. The molecule has 4 nitrogen and oxygen atoms in total. The van der Waals surface area contributed by atoms with Crippen LogP contribution in [0.4, 0.5) is 0 Å². The van der Waals surface area contributed by atoms with E-state index in [-0.39, 0.29) is 18.3 Å². The molecule has 1 saturated carbocycles. The van der Waals surface area contributed by atoms with Crippen molar-refractivity contribution in [2.45, 2.75) is 51.5 Å². The number of benzene rings is 1. The van der Waals surface area contributed by atoms with Crippen molar-refractivity contribution in [1.29, 1.82) is 0 Å². The molecule has 126 valence electrons. The second-order valence-corrected chi connectivity index (χ2v) is 7.01. The number of hydrogen-bond donors (Lipinski definition) is 1. The highest BCUT2D eigenvalue weighted by Crippen LogP contribution is 2.33. The number of esters is 1. The maximum Gasteiger partial charge on any atom is 0.331 e. The van der Waals surface area contributed by atoms with E-state index in [2.05, 4.69) is 12.2 Å². The van der Waals surface area contributed by atoms with Gasteiger partial charge in [0.05, 0.1) is 13.5 Å². The summed E-state index contributed by atoms with van der Waals surface area (Å²) in [6.07, 6.45) is 3.48. The van der Waals surface area contributed by atoms with Gasteiger partial charge in [0.25, 0.3) is 0 Å². The Kier molecular flexibility index (Phi) is 5.69. The molecule has 1 amide bonds. The Balaban J connectivity index is 2.13. The summed E-state index contributed by atoms with van der Waals surface area (Å²) in [4.78, 5) is 24.8. The van der Waals surface area contributed by atoms with Gasteiger partial charge in [0.2, 0.25) is 5.91 Å². The van der Waals surface area contributed by atoms with Gasteiger partial charge in [-0.1, -0.05) is 37.4 Å². The summed E-state index contributed by atoms with van der Waals surface area (Å²) < 4.78 is 4.96. The third-order valence-corrected chi connectivity index (χ3v) is 4.84. The van der Waals surface area contributed by atoms with Crippen molar-refractivity contribution in [2.75, 3.05) is 7.11 Å². The van der Waals surface area contributed by atoms with Crippen molar-refractivity contribution < 1.29 is 14.3 Å². The van der Waals surface area contributed by atoms with E-state index in [0.29, 0.717) is 23.8 Å². The highest BCUT2D eigenvalue weighted by molar-refractivity contribution is 6.30. The van der Waals surface area contributed by atoms with Crippen LogP contribution in [-0.4, -0.2) is 24.5 Å². The van der Waals surface area contributed by atoms with E-state index in [1.807, 2.05) is 19.1 Å². The Labute approximate surface area is 142 Å². The van der Waals surface area contributed by atoms with Gasteiger partial charge in [-0.2, -0.15) is 0 Å². The largest absolute Gasteiger partial charge is 0.467 e. The number of carbonyl (C=O) groups is 2. The molecule has 1 aromatic rings. The predicted octanol–water partition coefficient (Wildman–Crippen LogP) is 3.43. The summed E-state index contributed by atoms with van der Waals surface area (Å²) in [6, 6.07) is 5.46. The first-order valence-corrected chi connectivity index (χ1v) is 8.38. The van der Waals surface area contributed by atoms with E-state index >= 15 is 0 Å². The van der Waals surface area contributed by atoms with Gasteiger partial charge in [0.15, 0.2) is 0 Å². The molecule has 0 saturated heterocycles. The lowest BCUT2D eigenvalue weighted by molar-refractivity contribution is -0.153. The lowest BCUT2D eigenvalue weighted by Crippen LogP contribution is -2.57. The Morgan fingerprint density at radius 1 is 1.43 bits per heavy atom. The number of methoxy groups -OCH3 is 1. The highest BCUT2D eigenvalue weighted by atomic mass is 35.5. The van der Waals surface area contributed by atoms with Gasteiger partial charge < -0.3 is 10.1 Å². The molecule has 23 heavy (non-hydrogen) atoms. The first-order valence-electron chi connectivity index (χ1n) is 8.01. The molecule has 0 aliphatic heterocycles. The van der Waals surface area contributed by atoms with Crippen molar-refractivity contribution in [1.82, 2.24) is 5.32 Å². The lowest BCUT2D eigenvalue weighted by Gasteiger charge is -2.38. The smallest absolute Gasteiger partial charge is 0.331 e. The van der Waals surface area contributed by atoms with Crippen molar-refractivity contribution >= 4 is 23.5 Å². The number of halogens is 1. The van der Waals surface area contributed by atoms with Gasteiger partial charge in [0, 0.05) is 5.02 Å². The number of amides is 1. The third kappa shape index (κ3) is 4.25. The van der Waals surface area contributed by atoms with Crippen LogP contribution >= 0.6 is 11.6 Å². The zero-order chi connectivity index (χ0) is 17.0. The second kappa shape index (κ2) is 7.35. The molecule has 2 rings (SSSR count). The Hall–Kier alpha value is -1.55. The first kappa shape index (κ1) is 17.8. The normalized spacial score (nSPS) is 24.1. The van der Waals surface area contributed by atoms with E-state index in [9.17, 15) is 9.59 Å². The minimum Gasteiger partial charge on any atom is -0.467 e. The van der Waals surface area contributed by atoms with Crippen LogP contribution in [0.5, 0.6) is 0 Å². The van der Waals surface area contributed by atoms with E-state index in [1.165, 1.54) is 7.11 Å². The molecular formula is C18H24ClNO3. The van der Waals surface area contributed by atoms with Crippen LogP contribution in [0, 0.1) is 12.8 Å². The number of aryl methyl sites for hydroxylation is 1. The van der Waals surface area contributed by atoms with Crippen LogP contribution in [0.1, 0.15) is 43.7 Å². The standard InChI is InChI=1S/C18H24ClNO3/c1-12-5-4-8-18(11-12,17(22)23-3)20-16(21)10-14-6-7-15(19)9-13(14)2/h6-7,9,12H,4-5,8,10-11H2,1-3H3,(H,20,21). The minimum atomic E-state index is -0.885. The molecule has 2 unspecified atom stereocenters. The van der Waals surface area contributed by atoms with Gasteiger partial charge >= 0.3 is 5.97 Å². The lowest BCUT2D eigenvalue weighted by atomic mass is 9.76. The fourth-order valence-electron chi connectivity index (χ4n) is 3.44. The summed E-state index contributed by atoms with van der Waals surface area (Å²) in [6.45, 7) is 4.03. The first-order chi connectivity index (χ1) is 10.9. The van der Waals surface area contributed by atoms with Gasteiger partial charge in [-0.3, -0.25) is 4.79 Å². The van der Waals surface area contributed by atoms with Crippen molar-refractivity contribution in [3.63, 3.8) is 0 Å². The van der Waals surface area contributed by atoms with Gasteiger partial charge in [-0.15, -0.1) is 0 Å². The Morgan fingerprint density at radius 2 is 2.17 bits per heavy atom. The van der Waals surface area contributed by atoms with Crippen molar-refractivity contribution in [3.8, 4) is 0 Å². The minimum absolute atomic E-state index is 0.157. The molecular weight excluding hydrogens is 314 g/mol. The monoisotopic (exact) mass is 337 g/mol. The summed E-state index contributed by atoms with van der Waals surface area (Å²) in [5.74, 6) is -0.111. The van der Waals surface area contributed by atoms with Crippen LogP contribution in [0.3, 0.4) is 0 Å².